The van der Waals surface area contributed by atoms with Gasteiger partial charge in [0, 0.05) is 67.7 Å². The van der Waals surface area contributed by atoms with Gasteiger partial charge in [-0.05, 0) is 25.0 Å². The number of halogens is 1. The molecule has 2 aliphatic heterocycles. The lowest BCUT2D eigenvalue weighted by atomic mass is 10.0. The van der Waals surface area contributed by atoms with E-state index in [1.54, 1.807) is 18.2 Å². The van der Waals surface area contributed by atoms with Gasteiger partial charge in [-0.25, -0.2) is 4.39 Å². The number of benzene rings is 1. The molecule has 0 saturated carbocycles. The van der Waals surface area contributed by atoms with Crippen molar-refractivity contribution in [1.82, 2.24) is 14.8 Å². The first-order valence-electron chi connectivity index (χ1n) is 10.3. The van der Waals surface area contributed by atoms with Gasteiger partial charge in [-0.1, -0.05) is 12.1 Å². The van der Waals surface area contributed by atoms with E-state index >= 15 is 0 Å². The first kappa shape index (κ1) is 19.8. The molecule has 2 fully saturated rings. The molecule has 0 unspecified atom stereocenters. The number of nitrogens with one attached hydrogen (secondary N) is 1. The smallest absolute Gasteiger partial charge is 0.237 e. The number of anilines is 1. The van der Waals surface area contributed by atoms with Crippen LogP contribution in [0.5, 0.6) is 0 Å². The zero-order chi connectivity index (χ0) is 20.2. The molecule has 1 amide bonds. The number of amides is 1. The fraction of sp³-hybridized carbons (Fsp3) is 0.500. The Labute approximate surface area is 170 Å². The van der Waals surface area contributed by atoms with Crippen molar-refractivity contribution >= 4 is 28.6 Å². The normalized spacial score (nSPS) is 23.9. The predicted octanol–water partition coefficient (Wildman–Crippen LogP) is 2.75. The molecule has 0 spiro atoms. The van der Waals surface area contributed by atoms with Crippen LogP contribution in [0, 0.1) is 0 Å². The molecule has 29 heavy (non-hydrogen) atoms. The highest BCUT2D eigenvalue weighted by Crippen LogP contribution is 2.25. The minimum Gasteiger partial charge on any atom is -0.382 e. The van der Waals surface area contributed by atoms with Crippen LogP contribution in [0.1, 0.15) is 19.3 Å². The average Bonchev–Trinajstić information content (AvgIpc) is 3.10. The summed E-state index contributed by atoms with van der Waals surface area (Å²) in [6.07, 6.45) is 6.74. The predicted molar refractivity (Wildman–Crippen MR) is 114 cm³/mol. The van der Waals surface area contributed by atoms with Crippen LogP contribution in [-0.2, 0) is 4.79 Å². The van der Waals surface area contributed by atoms with Gasteiger partial charge in [0.25, 0.3) is 0 Å². The highest BCUT2D eigenvalue weighted by atomic mass is 19.1. The molecule has 6 nitrogen and oxygen atoms in total. The lowest BCUT2D eigenvalue weighted by Gasteiger charge is -2.34. The summed E-state index contributed by atoms with van der Waals surface area (Å²) in [5.41, 5.74) is 1.13. The molecule has 0 bridgehead atoms. The molecule has 2 saturated heterocycles. The number of aromatic nitrogens is 1. The highest BCUT2D eigenvalue weighted by molar-refractivity contribution is 5.93. The van der Waals surface area contributed by atoms with Crippen LogP contribution in [-0.4, -0.2) is 78.4 Å². The third-order valence-corrected chi connectivity index (χ3v) is 5.92. The number of carbonyl (C=O) groups is 1. The Balaban J connectivity index is 1.31. The molecule has 7 heteroatoms. The van der Waals surface area contributed by atoms with Crippen LogP contribution >= 0.6 is 0 Å². The lowest BCUT2D eigenvalue weighted by Crippen LogP contribution is -2.47. The number of rotatable bonds is 5. The summed E-state index contributed by atoms with van der Waals surface area (Å²) >= 11 is 0. The van der Waals surface area contributed by atoms with Crippen molar-refractivity contribution in [2.45, 2.75) is 37.5 Å². The SMILES string of the molecule is C/N=C\[C@@H]1C[C@H](F)CN1C(=O)CN1CCC(Nc2cccc3cnccc23)CC1. The number of pyridine rings is 1. The summed E-state index contributed by atoms with van der Waals surface area (Å²) in [4.78, 5) is 24.7. The van der Waals surface area contributed by atoms with Gasteiger partial charge >= 0.3 is 0 Å². The Hall–Kier alpha value is -2.54. The van der Waals surface area contributed by atoms with Gasteiger partial charge in [-0.3, -0.25) is 19.7 Å². The molecular weight excluding hydrogens is 369 g/mol. The lowest BCUT2D eigenvalue weighted by molar-refractivity contribution is -0.132. The molecule has 0 aliphatic carbocycles. The van der Waals surface area contributed by atoms with Crippen molar-refractivity contribution < 1.29 is 9.18 Å². The van der Waals surface area contributed by atoms with Crippen LogP contribution in [0.4, 0.5) is 10.1 Å². The summed E-state index contributed by atoms with van der Waals surface area (Å²) in [6, 6.07) is 8.43. The minimum atomic E-state index is -0.951. The van der Waals surface area contributed by atoms with Crippen molar-refractivity contribution in [2.75, 3.05) is 38.5 Å². The Morgan fingerprint density at radius 2 is 2.17 bits per heavy atom. The molecule has 3 heterocycles. The number of aliphatic imine (C=N–C) groups is 1. The maximum absolute atomic E-state index is 13.8. The number of likely N-dealkylation sites (tertiary alicyclic amines) is 2. The molecular formula is C22H28FN5O. The van der Waals surface area contributed by atoms with Crippen molar-refractivity contribution in [3.63, 3.8) is 0 Å². The van der Waals surface area contributed by atoms with E-state index in [0.717, 1.165) is 37.0 Å². The topological polar surface area (TPSA) is 60.8 Å². The summed E-state index contributed by atoms with van der Waals surface area (Å²) in [7, 11) is 1.67. The summed E-state index contributed by atoms with van der Waals surface area (Å²) < 4.78 is 13.8. The minimum absolute atomic E-state index is 0.00279. The number of fused-ring (bicyclic) bond motifs is 1. The monoisotopic (exact) mass is 397 g/mol. The van der Waals surface area contributed by atoms with Crippen LogP contribution < -0.4 is 5.32 Å². The van der Waals surface area contributed by atoms with Crippen LogP contribution in [0.25, 0.3) is 10.8 Å². The zero-order valence-electron chi connectivity index (χ0n) is 16.8. The van der Waals surface area contributed by atoms with E-state index in [1.807, 2.05) is 24.5 Å². The highest BCUT2D eigenvalue weighted by Gasteiger charge is 2.35. The summed E-state index contributed by atoms with van der Waals surface area (Å²) in [6.45, 7) is 2.25. The number of nitrogens with zero attached hydrogens (tertiary/aromatic N) is 4. The Morgan fingerprint density at radius 3 is 2.97 bits per heavy atom. The first-order valence-corrected chi connectivity index (χ1v) is 10.3. The van der Waals surface area contributed by atoms with E-state index in [-0.39, 0.29) is 18.5 Å². The van der Waals surface area contributed by atoms with E-state index in [0.29, 0.717) is 19.0 Å². The van der Waals surface area contributed by atoms with Gasteiger partial charge in [0.05, 0.1) is 19.1 Å². The Kier molecular flexibility index (Phi) is 6.04. The van der Waals surface area contributed by atoms with Crippen LogP contribution in [0.2, 0.25) is 0 Å². The third-order valence-electron chi connectivity index (χ3n) is 5.92. The largest absolute Gasteiger partial charge is 0.382 e. The fourth-order valence-electron chi connectivity index (χ4n) is 4.40. The number of piperidine rings is 1. The van der Waals surface area contributed by atoms with Gasteiger partial charge in [-0.2, -0.15) is 0 Å². The second-order valence-corrected chi connectivity index (χ2v) is 7.95. The fourth-order valence-corrected chi connectivity index (χ4v) is 4.40. The van der Waals surface area contributed by atoms with Crippen molar-refractivity contribution in [3.8, 4) is 0 Å². The van der Waals surface area contributed by atoms with Crippen molar-refractivity contribution in [1.29, 1.82) is 0 Å². The van der Waals surface area contributed by atoms with E-state index in [1.165, 1.54) is 5.39 Å². The standard InChI is InChI=1S/C22H28FN5O/c1-24-13-19-11-17(23)14-28(19)22(29)15-27-9-6-18(7-10-27)26-21-4-2-3-16-12-25-8-5-20(16)21/h2-5,8,12-13,17-19,26H,6-7,9-11,14-15H2,1H3/b24-13-/t17-,19-/m0/s1. The Morgan fingerprint density at radius 1 is 1.34 bits per heavy atom. The molecule has 2 aromatic rings. The first-order chi connectivity index (χ1) is 14.1. The second kappa shape index (κ2) is 8.86. The Bertz CT molecular complexity index is 875. The number of hydrogen-bond acceptors (Lipinski definition) is 5. The number of carbonyl (C=O) groups excluding carboxylic acids is 1. The summed E-state index contributed by atoms with van der Waals surface area (Å²) in [5.74, 6) is 0.00279. The van der Waals surface area contributed by atoms with Gasteiger partial charge in [0.15, 0.2) is 0 Å². The molecule has 1 N–H and O–H groups in total. The summed E-state index contributed by atoms with van der Waals surface area (Å²) in [5, 5.41) is 5.97. The van der Waals surface area contributed by atoms with Crippen LogP contribution in [0.3, 0.4) is 0 Å². The number of hydrogen-bond donors (Lipinski definition) is 1. The molecule has 4 rings (SSSR count). The van der Waals surface area contributed by atoms with Crippen molar-refractivity contribution in [3.05, 3.63) is 36.7 Å². The third kappa shape index (κ3) is 4.56. The molecule has 2 aliphatic rings. The molecule has 0 radical (unpaired) electrons. The van der Waals surface area contributed by atoms with Crippen LogP contribution in [0.15, 0.2) is 41.7 Å². The quantitative estimate of drug-likeness (QED) is 0.788. The molecule has 2 atom stereocenters. The van der Waals surface area contributed by atoms with Crippen molar-refractivity contribution in [2.24, 2.45) is 4.99 Å². The zero-order valence-corrected chi connectivity index (χ0v) is 16.8. The average molecular weight is 397 g/mol. The molecule has 154 valence electrons. The second-order valence-electron chi connectivity index (χ2n) is 7.95. The van der Waals surface area contributed by atoms with Gasteiger partial charge < -0.3 is 10.2 Å². The van der Waals surface area contributed by atoms with E-state index in [9.17, 15) is 9.18 Å². The maximum Gasteiger partial charge on any atom is 0.237 e. The van der Waals surface area contributed by atoms with Gasteiger partial charge in [0.1, 0.15) is 6.17 Å². The van der Waals surface area contributed by atoms with Gasteiger partial charge in [0.2, 0.25) is 5.91 Å². The molecule has 1 aromatic carbocycles. The maximum atomic E-state index is 13.8. The molecule has 1 aromatic heterocycles. The number of alkyl halides is 1. The van der Waals surface area contributed by atoms with E-state index in [4.69, 9.17) is 0 Å². The van der Waals surface area contributed by atoms with E-state index in [2.05, 4.69) is 32.3 Å². The van der Waals surface area contributed by atoms with E-state index < -0.39 is 6.17 Å². The van der Waals surface area contributed by atoms with Gasteiger partial charge in [-0.15, -0.1) is 0 Å².